The second-order valence-corrected chi connectivity index (χ2v) is 4.44. The van der Waals surface area contributed by atoms with Crippen LogP contribution in [-0.2, 0) is 0 Å². The van der Waals surface area contributed by atoms with Crippen molar-refractivity contribution in [2.45, 2.75) is 19.9 Å². The Balaban J connectivity index is 2.70. The maximum Gasteiger partial charge on any atom is 0.239 e. The van der Waals surface area contributed by atoms with Gasteiger partial charge >= 0.3 is 0 Å². The standard InChI is InChI=1S/C11H19N3OS/c1-4-15-11-9(12)5-6-10(14-11)13-8(2)7-16-3/h5-6,8H,4,7,12H2,1-3H3,(H,13,14). The number of pyridine rings is 1. The highest BCUT2D eigenvalue weighted by molar-refractivity contribution is 7.98. The van der Waals surface area contributed by atoms with Gasteiger partial charge in [-0.3, -0.25) is 0 Å². The molecule has 1 aromatic heterocycles. The molecule has 0 aliphatic heterocycles. The summed E-state index contributed by atoms with van der Waals surface area (Å²) < 4.78 is 5.34. The third-order valence-electron chi connectivity index (χ3n) is 1.98. The summed E-state index contributed by atoms with van der Waals surface area (Å²) in [5.41, 5.74) is 6.32. The van der Waals surface area contributed by atoms with E-state index in [4.69, 9.17) is 10.5 Å². The summed E-state index contributed by atoms with van der Waals surface area (Å²) in [7, 11) is 0. The predicted molar refractivity (Wildman–Crippen MR) is 71.3 cm³/mol. The highest BCUT2D eigenvalue weighted by Gasteiger charge is 2.06. The molecule has 0 bridgehead atoms. The number of rotatable bonds is 6. The number of hydrogen-bond donors (Lipinski definition) is 2. The summed E-state index contributed by atoms with van der Waals surface area (Å²) in [5.74, 6) is 2.35. The minimum absolute atomic E-state index is 0.376. The Morgan fingerprint density at radius 3 is 2.94 bits per heavy atom. The lowest BCUT2D eigenvalue weighted by Gasteiger charge is -2.14. The van der Waals surface area contributed by atoms with E-state index in [-0.39, 0.29) is 0 Å². The molecule has 0 saturated carbocycles. The fourth-order valence-electron chi connectivity index (χ4n) is 1.33. The van der Waals surface area contributed by atoms with Crippen LogP contribution in [0.2, 0.25) is 0 Å². The largest absolute Gasteiger partial charge is 0.476 e. The Labute approximate surface area is 101 Å². The first kappa shape index (κ1) is 13.0. The van der Waals surface area contributed by atoms with Gasteiger partial charge in [0.1, 0.15) is 5.82 Å². The maximum absolute atomic E-state index is 5.75. The Bertz CT molecular complexity index is 333. The molecule has 5 heteroatoms. The van der Waals surface area contributed by atoms with Crippen molar-refractivity contribution in [2.24, 2.45) is 0 Å². The molecule has 0 saturated heterocycles. The number of nitrogen functional groups attached to an aromatic ring is 1. The van der Waals surface area contributed by atoms with Crippen LogP contribution in [0.15, 0.2) is 12.1 Å². The maximum atomic E-state index is 5.75. The molecule has 0 aliphatic carbocycles. The van der Waals surface area contributed by atoms with Crippen molar-refractivity contribution < 1.29 is 4.74 Å². The molecule has 1 unspecified atom stereocenters. The number of anilines is 2. The number of nitrogens with zero attached hydrogens (tertiary/aromatic N) is 1. The third kappa shape index (κ3) is 3.81. The molecule has 1 heterocycles. The molecule has 1 rings (SSSR count). The van der Waals surface area contributed by atoms with Gasteiger partial charge in [0.15, 0.2) is 0 Å². The van der Waals surface area contributed by atoms with E-state index in [1.165, 1.54) is 0 Å². The van der Waals surface area contributed by atoms with Gasteiger partial charge in [0.25, 0.3) is 0 Å². The van der Waals surface area contributed by atoms with Gasteiger partial charge in [-0.25, -0.2) is 0 Å². The zero-order chi connectivity index (χ0) is 12.0. The van der Waals surface area contributed by atoms with E-state index >= 15 is 0 Å². The van der Waals surface area contributed by atoms with Gasteiger partial charge in [-0.2, -0.15) is 16.7 Å². The number of nitrogens with two attached hydrogens (primary N) is 1. The summed E-state index contributed by atoms with van der Waals surface area (Å²) in [6, 6.07) is 4.06. The summed E-state index contributed by atoms with van der Waals surface area (Å²) in [6.07, 6.45) is 2.08. The van der Waals surface area contributed by atoms with Gasteiger partial charge < -0.3 is 15.8 Å². The molecule has 0 amide bonds. The molecule has 0 aromatic carbocycles. The first-order valence-electron chi connectivity index (χ1n) is 5.32. The summed E-state index contributed by atoms with van der Waals surface area (Å²) in [5, 5.41) is 3.30. The molecule has 16 heavy (non-hydrogen) atoms. The summed E-state index contributed by atoms with van der Waals surface area (Å²) in [4.78, 5) is 4.32. The minimum atomic E-state index is 0.376. The quantitative estimate of drug-likeness (QED) is 0.799. The molecule has 3 N–H and O–H groups in total. The van der Waals surface area contributed by atoms with E-state index in [1.54, 1.807) is 11.8 Å². The molecule has 0 radical (unpaired) electrons. The van der Waals surface area contributed by atoms with E-state index in [1.807, 2.05) is 19.1 Å². The Hall–Kier alpha value is -1.10. The van der Waals surface area contributed by atoms with Crippen molar-refractivity contribution in [2.75, 3.05) is 29.7 Å². The normalized spacial score (nSPS) is 12.2. The molecular formula is C11H19N3OS. The number of ether oxygens (including phenoxy) is 1. The van der Waals surface area contributed by atoms with E-state index in [0.717, 1.165) is 11.6 Å². The average molecular weight is 241 g/mol. The van der Waals surface area contributed by atoms with E-state index in [0.29, 0.717) is 24.2 Å². The Morgan fingerprint density at radius 2 is 2.31 bits per heavy atom. The van der Waals surface area contributed by atoms with Gasteiger partial charge in [0.05, 0.1) is 12.3 Å². The van der Waals surface area contributed by atoms with Crippen molar-refractivity contribution in [3.63, 3.8) is 0 Å². The number of nitrogens with one attached hydrogen (secondary N) is 1. The molecule has 0 fully saturated rings. The highest BCUT2D eigenvalue weighted by atomic mass is 32.2. The van der Waals surface area contributed by atoms with Crippen molar-refractivity contribution in [3.8, 4) is 5.88 Å². The number of aromatic nitrogens is 1. The predicted octanol–water partition coefficient (Wildman–Crippen LogP) is 2.23. The molecule has 4 nitrogen and oxygen atoms in total. The lowest BCUT2D eigenvalue weighted by molar-refractivity contribution is 0.329. The second kappa shape index (κ2) is 6.48. The Morgan fingerprint density at radius 1 is 1.56 bits per heavy atom. The van der Waals surface area contributed by atoms with Crippen LogP contribution in [0.25, 0.3) is 0 Å². The van der Waals surface area contributed by atoms with Crippen LogP contribution in [0, 0.1) is 0 Å². The zero-order valence-electron chi connectivity index (χ0n) is 9.99. The molecule has 1 atom stereocenters. The zero-order valence-corrected chi connectivity index (χ0v) is 10.8. The topological polar surface area (TPSA) is 60.2 Å². The van der Waals surface area contributed by atoms with Gasteiger partial charge in [0, 0.05) is 11.8 Å². The van der Waals surface area contributed by atoms with Crippen LogP contribution in [0.5, 0.6) is 5.88 Å². The fourth-order valence-corrected chi connectivity index (χ4v) is 1.91. The number of hydrogen-bond acceptors (Lipinski definition) is 5. The summed E-state index contributed by atoms with van der Waals surface area (Å²) >= 11 is 1.80. The molecule has 0 aliphatic rings. The first-order chi connectivity index (χ1) is 7.67. The first-order valence-corrected chi connectivity index (χ1v) is 6.71. The van der Waals surface area contributed by atoms with Gasteiger partial charge in [0.2, 0.25) is 5.88 Å². The molecule has 90 valence electrons. The van der Waals surface area contributed by atoms with Crippen LogP contribution in [0.4, 0.5) is 11.5 Å². The van der Waals surface area contributed by atoms with Crippen LogP contribution >= 0.6 is 11.8 Å². The van der Waals surface area contributed by atoms with E-state index in [9.17, 15) is 0 Å². The molecule has 1 aromatic rings. The van der Waals surface area contributed by atoms with Gasteiger partial charge in [-0.15, -0.1) is 0 Å². The van der Waals surface area contributed by atoms with E-state index < -0.39 is 0 Å². The monoisotopic (exact) mass is 241 g/mol. The molecule has 0 spiro atoms. The Kier molecular flexibility index (Phi) is 5.25. The van der Waals surface area contributed by atoms with Crippen LogP contribution in [0.1, 0.15) is 13.8 Å². The SMILES string of the molecule is CCOc1nc(NC(C)CSC)ccc1N. The minimum Gasteiger partial charge on any atom is -0.476 e. The van der Waals surface area contributed by atoms with Gasteiger partial charge in [-0.1, -0.05) is 0 Å². The van der Waals surface area contributed by atoms with E-state index in [2.05, 4.69) is 23.5 Å². The van der Waals surface area contributed by atoms with Crippen molar-refractivity contribution >= 4 is 23.3 Å². The number of thioether (sulfide) groups is 1. The smallest absolute Gasteiger partial charge is 0.239 e. The van der Waals surface area contributed by atoms with Gasteiger partial charge in [-0.05, 0) is 32.2 Å². The van der Waals surface area contributed by atoms with Crippen molar-refractivity contribution in [1.82, 2.24) is 4.98 Å². The van der Waals surface area contributed by atoms with Crippen molar-refractivity contribution in [3.05, 3.63) is 12.1 Å². The molecular weight excluding hydrogens is 222 g/mol. The second-order valence-electron chi connectivity index (χ2n) is 3.52. The van der Waals surface area contributed by atoms with Crippen LogP contribution in [0.3, 0.4) is 0 Å². The fraction of sp³-hybridized carbons (Fsp3) is 0.545. The van der Waals surface area contributed by atoms with Crippen LogP contribution < -0.4 is 15.8 Å². The lowest BCUT2D eigenvalue weighted by atomic mass is 10.3. The summed E-state index contributed by atoms with van der Waals surface area (Å²) in [6.45, 7) is 4.60. The average Bonchev–Trinajstić information content (AvgIpc) is 2.24. The lowest BCUT2D eigenvalue weighted by Crippen LogP contribution is -2.18. The van der Waals surface area contributed by atoms with Crippen molar-refractivity contribution in [1.29, 1.82) is 0 Å². The van der Waals surface area contributed by atoms with Crippen LogP contribution in [-0.4, -0.2) is 29.6 Å². The third-order valence-corrected chi connectivity index (χ3v) is 2.82. The highest BCUT2D eigenvalue weighted by Crippen LogP contribution is 2.21.